The van der Waals surface area contributed by atoms with E-state index in [0.717, 1.165) is 18.4 Å². The molecule has 0 saturated heterocycles. The topological polar surface area (TPSA) is 84.2 Å². The molecule has 1 aliphatic carbocycles. The standard InChI is InChI=1S/C20H17N3O3/c24-19(21-15-9-10-15)14-7-4-8-16(11-14)22-20(25)17-12-18(26-23-17)13-5-2-1-3-6-13/h1-8,11-12,15H,9-10H2,(H,21,24)(H,22,25). The van der Waals surface area contributed by atoms with Gasteiger partial charge in [-0.3, -0.25) is 9.59 Å². The van der Waals surface area contributed by atoms with E-state index >= 15 is 0 Å². The number of nitrogens with one attached hydrogen (secondary N) is 2. The van der Waals surface area contributed by atoms with E-state index in [-0.39, 0.29) is 17.6 Å². The zero-order valence-electron chi connectivity index (χ0n) is 13.9. The minimum atomic E-state index is -0.393. The molecule has 0 radical (unpaired) electrons. The van der Waals surface area contributed by atoms with Crippen LogP contribution in [0.5, 0.6) is 0 Å². The van der Waals surface area contributed by atoms with Crippen molar-refractivity contribution in [2.45, 2.75) is 18.9 Å². The number of aromatic nitrogens is 1. The molecule has 0 spiro atoms. The second-order valence-corrected chi connectivity index (χ2v) is 6.23. The van der Waals surface area contributed by atoms with Crippen molar-refractivity contribution in [2.75, 3.05) is 5.32 Å². The van der Waals surface area contributed by atoms with Gasteiger partial charge in [-0.25, -0.2) is 0 Å². The van der Waals surface area contributed by atoms with Crippen molar-refractivity contribution in [1.82, 2.24) is 10.5 Å². The molecule has 2 amide bonds. The summed E-state index contributed by atoms with van der Waals surface area (Å²) in [5.74, 6) is 0.000364. The van der Waals surface area contributed by atoms with Gasteiger partial charge >= 0.3 is 0 Å². The predicted molar refractivity (Wildman–Crippen MR) is 96.8 cm³/mol. The summed E-state index contributed by atoms with van der Waals surface area (Å²) in [6.45, 7) is 0. The van der Waals surface area contributed by atoms with Crippen molar-refractivity contribution >= 4 is 17.5 Å². The highest BCUT2D eigenvalue weighted by molar-refractivity contribution is 6.04. The number of amides is 2. The summed E-state index contributed by atoms with van der Waals surface area (Å²) in [6, 6.07) is 18.1. The number of rotatable bonds is 5. The molecule has 6 heteroatoms. The summed E-state index contributed by atoms with van der Waals surface area (Å²) in [5.41, 5.74) is 2.07. The third kappa shape index (κ3) is 3.64. The maximum atomic E-state index is 12.4. The molecule has 2 N–H and O–H groups in total. The summed E-state index contributed by atoms with van der Waals surface area (Å²) in [5, 5.41) is 9.50. The Morgan fingerprint density at radius 2 is 1.77 bits per heavy atom. The molecule has 4 rings (SSSR count). The van der Waals surface area contributed by atoms with Crippen molar-refractivity contribution in [2.24, 2.45) is 0 Å². The van der Waals surface area contributed by atoms with Crippen LogP contribution < -0.4 is 10.6 Å². The molecule has 3 aromatic rings. The number of carbonyl (C=O) groups is 2. The summed E-state index contributed by atoms with van der Waals surface area (Å²) < 4.78 is 5.25. The van der Waals surface area contributed by atoms with E-state index in [1.165, 1.54) is 0 Å². The first kappa shape index (κ1) is 16.1. The van der Waals surface area contributed by atoms with Crippen LogP contribution in [0.4, 0.5) is 5.69 Å². The lowest BCUT2D eigenvalue weighted by molar-refractivity contribution is 0.0949. The van der Waals surface area contributed by atoms with Crippen molar-refractivity contribution in [1.29, 1.82) is 0 Å². The van der Waals surface area contributed by atoms with Crippen molar-refractivity contribution in [3.63, 3.8) is 0 Å². The van der Waals surface area contributed by atoms with E-state index < -0.39 is 5.91 Å². The molecule has 1 heterocycles. The molecular formula is C20H17N3O3. The Labute approximate surface area is 150 Å². The largest absolute Gasteiger partial charge is 0.355 e. The fraction of sp³-hybridized carbons (Fsp3) is 0.150. The number of hydrogen-bond donors (Lipinski definition) is 2. The van der Waals surface area contributed by atoms with E-state index in [1.807, 2.05) is 30.3 Å². The summed E-state index contributed by atoms with van der Waals surface area (Å²) in [6.07, 6.45) is 2.05. The van der Waals surface area contributed by atoms with Gasteiger partial charge in [-0.05, 0) is 31.0 Å². The van der Waals surface area contributed by atoms with E-state index in [1.54, 1.807) is 30.3 Å². The van der Waals surface area contributed by atoms with Gasteiger partial charge in [0.2, 0.25) is 0 Å². The summed E-state index contributed by atoms with van der Waals surface area (Å²) in [7, 11) is 0. The van der Waals surface area contributed by atoms with Crippen LogP contribution in [0.15, 0.2) is 65.2 Å². The van der Waals surface area contributed by atoms with Crippen LogP contribution >= 0.6 is 0 Å². The van der Waals surface area contributed by atoms with Gasteiger partial charge in [0.05, 0.1) is 0 Å². The zero-order chi connectivity index (χ0) is 17.9. The van der Waals surface area contributed by atoms with Gasteiger partial charge in [0.15, 0.2) is 11.5 Å². The fourth-order valence-corrected chi connectivity index (χ4v) is 2.55. The highest BCUT2D eigenvalue weighted by atomic mass is 16.5. The Morgan fingerprint density at radius 1 is 0.962 bits per heavy atom. The van der Waals surface area contributed by atoms with Gasteiger partial charge in [-0.15, -0.1) is 0 Å². The molecular weight excluding hydrogens is 330 g/mol. The zero-order valence-corrected chi connectivity index (χ0v) is 13.9. The fourth-order valence-electron chi connectivity index (χ4n) is 2.55. The number of hydrogen-bond acceptors (Lipinski definition) is 4. The maximum Gasteiger partial charge on any atom is 0.277 e. The third-order valence-electron chi connectivity index (χ3n) is 4.10. The van der Waals surface area contributed by atoms with Crippen LogP contribution in [0, 0.1) is 0 Å². The first-order valence-electron chi connectivity index (χ1n) is 8.43. The normalized spacial score (nSPS) is 13.2. The second kappa shape index (κ2) is 6.84. The smallest absolute Gasteiger partial charge is 0.277 e. The molecule has 0 unspecified atom stereocenters. The molecule has 130 valence electrons. The van der Waals surface area contributed by atoms with Crippen LogP contribution in [0.1, 0.15) is 33.7 Å². The van der Waals surface area contributed by atoms with E-state index in [0.29, 0.717) is 17.0 Å². The van der Waals surface area contributed by atoms with Gasteiger partial charge in [0, 0.05) is 28.9 Å². The molecule has 0 bridgehead atoms. The lowest BCUT2D eigenvalue weighted by Gasteiger charge is -2.06. The van der Waals surface area contributed by atoms with Gasteiger partial charge in [0.1, 0.15) is 0 Å². The third-order valence-corrected chi connectivity index (χ3v) is 4.10. The predicted octanol–water partition coefficient (Wildman–Crippen LogP) is 3.49. The molecule has 1 aliphatic rings. The molecule has 2 aromatic carbocycles. The van der Waals surface area contributed by atoms with Gasteiger partial charge in [-0.1, -0.05) is 41.6 Å². The van der Waals surface area contributed by atoms with Gasteiger partial charge in [0.25, 0.3) is 11.8 Å². The molecule has 1 saturated carbocycles. The summed E-state index contributed by atoms with van der Waals surface area (Å²) in [4.78, 5) is 24.5. The van der Waals surface area contributed by atoms with Crippen molar-refractivity contribution in [3.05, 3.63) is 71.9 Å². The molecule has 0 atom stereocenters. The average molecular weight is 347 g/mol. The van der Waals surface area contributed by atoms with Crippen LogP contribution in [-0.4, -0.2) is 23.0 Å². The molecule has 26 heavy (non-hydrogen) atoms. The van der Waals surface area contributed by atoms with Crippen LogP contribution in [-0.2, 0) is 0 Å². The Kier molecular flexibility index (Phi) is 4.23. The number of nitrogens with zero attached hydrogens (tertiary/aromatic N) is 1. The highest BCUT2D eigenvalue weighted by Crippen LogP contribution is 2.21. The minimum Gasteiger partial charge on any atom is -0.355 e. The first-order valence-corrected chi connectivity index (χ1v) is 8.43. The Balaban J connectivity index is 1.46. The minimum absolute atomic E-state index is 0.128. The van der Waals surface area contributed by atoms with E-state index in [9.17, 15) is 9.59 Å². The molecule has 0 aliphatic heterocycles. The second-order valence-electron chi connectivity index (χ2n) is 6.23. The maximum absolute atomic E-state index is 12.4. The SMILES string of the molecule is O=C(NC1CC1)c1cccc(NC(=O)c2cc(-c3ccccc3)on2)c1. The number of benzene rings is 2. The van der Waals surface area contributed by atoms with E-state index in [4.69, 9.17) is 4.52 Å². The first-order chi connectivity index (χ1) is 12.7. The quantitative estimate of drug-likeness (QED) is 0.740. The average Bonchev–Trinajstić information content (AvgIpc) is 3.34. The van der Waals surface area contributed by atoms with Crippen LogP contribution in [0.2, 0.25) is 0 Å². The molecule has 6 nitrogen and oxygen atoms in total. The highest BCUT2D eigenvalue weighted by Gasteiger charge is 2.24. The Hall–Kier alpha value is -3.41. The molecule has 1 aromatic heterocycles. The lowest BCUT2D eigenvalue weighted by atomic mass is 10.1. The number of anilines is 1. The number of carbonyl (C=O) groups excluding carboxylic acids is 2. The Bertz CT molecular complexity index is 946. The van der Waals surface area contributed by atoms with E-state index in [2.05, 4.69) is 15.8 Å². The van der Waals surface area contributed by atoms with Crippen LogP contribution in [0.3, 0.4) is 0 Å². The Morgan fingerprint density at radius 3 is 2.54 bits per heavy atom. The lowest BCUT2D eigenvalue weighted by Crippen LogP contribution is -2.25. The molecule has 1 fully saturated rings. The van der Waals surface area contributed by atoms with Gasteiger partial charge < -0.3 is 15.2 Å². The van der Waals surface area contributed by atoms with Gasteiger partial charge in [-0.2, -0.15) is 0 Å². The van der Waals surface area contributed by atoms with Crippen LogP contribution in [0.25, 0.3) is 11.3 Å². The monoisotopic (exact) mass is 347 g/mol. The van der Waals surface area contributed by atoms with Crippen molar-refractivity contribution in [3.8, 4) is 11.3 Å². The van der Waals surface area contributed by atoms with Crippen molar-refractivity contribution < 1.29 is 14.1 Å². The summed E-state index contributed by atoms with van der Waals surface area (Å²) >= 11 is 0.